The summed E-state index contributed by atoms with van der Waals surface area (Å²) in [4.78, 5) is 13.3. The molecule has 3 N–H and O–H groups in total. The van der Waals surface area contributed by atoms with Gasteiger partial charge < -0.3 is 15.7 Å². The Bertz CT molecular complexity index is 432. The molecule has 0 spiro atoms. The number of nitrogens with zero attached hydrogens (tertiary/aromatic N) is 1. The molecule has 0 saturated carbocycles. The van der Waals surface area contributed by atoms with Crippen LogP contribution in [0, 0.1) is 11.6 Å². The summed E-state index contributed by atoms with van der Waals surface area (Å²) in [6.45, 7) is 2.03. The normalized spacial score (nSPS) is 10.4. The van der Waals surface area contributed by atoms with E-state index < -0.39 is 28.8 Å². The Labute approximate surface area is 104 Å². The van der Waals surface area contributed by atoms with Gasteiger partial charge in [0.15, 0.2) is 5.82 Å². The Balaban J connectivity index is 3.07. The summed E-state index contributed by atoms with van der Waals surface area (Å²) in [5.41, 5.74) is 4.46. The summed E-state index contributed by atoms with van der Waals surface area (Å²) in [7, 11) is 0. The van der Waals surface area contributed by atoms with Crippen LogP contribution in [0.25, 0.3) is 0 Å². The molecule has 0 aromatic heterocycles. The van der Waals surface area contributed by atoms with Crippen LogP contribution >= 0.6 is 0 Å². The smallest absolute Gasteiger partial charge is 0.257 e. The van der Waals surface area contributed by atoms with Gasteiger partial charge in [-0.2, -0.15) is 0 Å². The van der Waals surface area contributed by atoms with E-state index in [9.17, 15) is 13.6 Å². The quantitative estimate of drug-likeness (QED) is 0.784. The third kappa shape index (κ3) is 3.16. The van der Waals surface area contributed by atoms with E-state index in [1.54, 1.807) is 0 Å². The summed E-state index contributed by atoms with van der Waals surface area (Å²) in [5, 5.41) is 8.85. The van der Waals surface area contributed by atoms with Crippen LogP contribution in [0.3, 0.4) is 0 Å². The summed E-state index contributed by atoms with van der Waals surface area (Å²) in [5.74, 6) is -2.37. The first kappa shape index (κ1) is 14.4. The molecule has 0 heterocycles. The van der Waals surface area contributed by atoms with E-state index in [2.05, 4.69) is 0 Å². The van der Waals surface area contributed by atoms with E-state index in [4.69, 9.17) is 10.8 Å². The van der Waals surface area contributed by atoms with E-state index in [-0.39, 0.29) is 13.2 Å². The van der Waals surface area contributed by atoms with Crippen molar-refractivity contribution in [2.45, 2.75) is 13.3 Å². The SMILES string of the molecule is CCCN(CCO)C(=O)c1cc(F)cc(N)c1F. The molecule has 1 amide bonds. The molecule has 1 aromatic carbocycles. The molecule has 0 aliphatic rings. The van der Waals surface area contributed by atoms with Crippen LogP contribution in [0.5, 0.6) is 0 Å². The van der Waals surface area contributed by atoms with Crippen LogP contribution in [0.4, 0.5) is 14.5 Å². The van der Waals surface area contributed by atoms with Crippen molar-refractivity contribution in [1.29, 1.82) is 0 Å². The number of nitrogen functional groups attached to an aromatic ring is 1. The number of aliphatic hydroxyl groups is 1. The topological polar surface area (TPSA) is 66.6 Å². The van der Waals surface area contributed by atoms with Crippen molar-refractivity contribution in [2.75, 3.05) is 25.4 Å². The predicted octanol–water partition coefficient (Wildman–Crippen LogP) is 1.39. The molecular weight excluding hydrogens is 242 g/mol. The third-order valence-electron chi connectivity index (χ3n) is 2.45. The molecule has 1 rings (SSSR count). The number of nitrogens with two attached hydrogens (primary N) is 1. The van der Waals surface area contributed by atoms with E-state index in [1.807, 2.05) is 6.92 Å². The van der Waals surface area contributed by atoms with Crippen LogP contribution < -0.4 is 5.73 Å². The lowest BCUT2D eigenvalue weighted by molar-refractivity contribution is 0.0717. The number of halogens is 2. The number of hydrogen-bond donors (Lipinski definition) is 2. The van der Waals surface area contributed by atoms with Gasteiger partial charge >= 0.3 is 0 Å². The first-order valence-electron chi connectivity index (χ1n) is 5.65. The standard InChI is InChI=1S/C12H16F2N2O2/c1-2-3-16(4-5-17)12(18)9-6-8(13)7-10(15)11(9)14/h6-7,17H,2-5,15H2,1H3. The second-order valence-electron chi connectivity index (χ2n) is 3.87. The van der Waals surface area contributed by atoms with Gasteiger partial charge in [0.1, 0.15) is 5.82 Å². The van der Waals surface area contributed by atoms with Gasteiger partial charge in [-0.1, -0.05) is 6.92 Å². The van der Waals surface area contributed by atoms with Gasteiger partial charge in [0.05, 0.1) is 17.9 Å². The van der Waals surface area contributed by atoms with Gasteiger partial charge in [-0.15, -0.1) is 0 Å². The molecule has 1 aromatic rings. The van der Waals surface area contributed by atoms with Crippen molar-refractivity contribution in [1.82, 2.24) is 4.90 Å². The Morgan fingerprint density at radius 3 is 2.61 bits per heavy atom. The highest BCUT2D eigenvalue weighted by Gasteiger charge is 2.21. The second-order valence-corrected chi connectivity index (χ2v) is 3.87. The summed E-state index contributed by atoms with van der Waals surface area (Å²) in [6.07, 6.45) is 0.651. The number of carbonyl (C=O) groups is 1. The first-order valence-corrected chi connectivity index (χ1v) is 5.65. The first-order chi connectivity index (χ1) is 8.51. The van der Waals surface area contributed by atoms with Crippen LogP contribution in [-0.4, -0.2) is 35.6 Å². The minimum Gasteiger partial charge on any atom is -0.396 e. The van der Waals surface area contributed by atoms with Gasteiger partial charge in [-0.25, -0.2) is 8.78 Å². The number of hydrogen-bond acceptors (Lipinski definition) is 3. The summed E-state index contributed by atoms with van der Waals surface area (Å²) >= 11 is 0. The molecule has 0 bridgehead atoms. The Morgan fingerprint density at radius 1 is 1.39 bits per heavy atom. The number of carbonyl (C=O) groups excluding carboxylic acids is 1. The van der Waals surface area contributed by atoms with E-state index in [1.165, 1.54) is 4.90 Å². The average Bonchev–Trinajstić information content (AvgIpc) is 2.32. The molecule has 6 heteroatoms. The molecule has 4 nitrogen and oxygen atoms in total. The number of anilines is 1. The largest absolute Gasteiger partial charge is 0.396 e. The minimum absolute atomic E-state index is 0.0720. The van der Waals surface area contributed by atoms with E-state index in [0.717, 1.165) is 12.1 Å². The lowest BCUT2D eigenvalue weighted by atomic mass is 10.1. The van der Waals surface area contributed by atoms with Crippen molar-refractivity contribution in [3.8, 4) is 0 Å². The van der Waals surface area contributed by atoms with Crippen LogP contribution in [-0.2, 0) is 0 Å². The number of rotatable bonds is 5. The van der Waals surface area contributed by atoms with Gasteiger partial charge in [0.2, 0.25) is 0 Å². The van der Waals surface area contributed by atoms with Gasteiger partial charge in [-0.3, -0.25) is 4.79 Å². The number of amides is 1. The zero-order valence-electron chi connectivity index (χ0n) is 10.1. The average molecular weight is 258 g/mol. The lowest BCUT2D eigenvalue weighted by Crippen LogP contribution is -2.35. The fourth-order valence-electron chi connectivity index (χ4n) is 1.64. The number of benzene rings is 1. The lowest BCUT2D eigenvalue weighted by Gasteiger charge is -2.21. The summed E-state index contributed by atoms with van der Waals surface area (Å²) in [6, 6.07) is 1.64. The van der Waals surface area contributed by atoms with Crippen molar-refractivity contribution < 1.29 is 18.7 Å². The Hall–Kier alpha value is -1.69. The maximum atomic E-state index is 13.7. The third-order valence-corrected chi connectivity index (χ3v) is 2.45. The molecule has 0 saturated heterocycles. The molecule has 0 aliphatic heterocycles. The van der Waals surface area contributed by atoms with Crippen LogP contribution in [0.15, 0.2) is 12.1 Å². The maximum Gasteiger partial charge on any atom is 0.257 e. The molecule has 0 atom stereocenters. The molecule has 100 valence electrons. The van der Waals surface area contributed by atoms with E-state index >= 15 is 0 Å². The zero-order chi connectivity index (χ0) is 13.7. The molecule has 0 aliphatic carbocycles. The minimum atomic E-state index is -0.930. The van der Waals surface area contributed by atoms with Crippen molar-refractivity contribution in [3.05, 3.63) is 29.3 Å². The van der Waals surface area contributed by atoms with Gasteiger partial charge in [0, 0.05) is 13.1 Å². The molecule has 0 radical (unpaired) electrons. The zero-order valence-corrected chi connectivity index (χ0v) is 10.1. The maximum absolute atomic E-state index is 13.7. The highest BCUT2D eigenvalue weighted by molar-refractivity contribution is 5.95. The van der Waals surface area contributed by atoms with E-state index in [0.29, 0.717) is 13.0 Å². The highest BCUT2D eigenvalue weighted by atomic mass is 19.1. The van der Waals surface area contributed by atoms with Crippen molar-refractivity contribution >= 4 is 11.6 Å². The molecule has 0 unspecified atom stereocenters. The Morgan fingerprint density at radius 2 is 2.06 bits per heavy atom. The summed E-state index contributed by atoms with van der Waals surface area (Å²) < 4.78 is 26.8. The highest BCUT2D eigenvalue weighted by Crippen LogP contribution is 2.19. The van der Waals surface area contributed by atoms with Gasteiger partial charge in [0.25, 0.3) is 5.91 Å². The fourth-order valence-corrected chi connectivity index (χ4v) is 1.64. The monoisotopic (exact) mass is 258 g/mol. The van der Waals surface area contributed by atoms with Crippen LogP contribution in [0.1, 0.15) is 23.7 Å². The fraction of sp³-hybridized carbons (Fsp3) is 0.417. The molecular formula is C12H16F2N2O2. The van der Waals surface area contributed by atoms with Crippen molar-refractivity contribution in [2.24, 2.45) is 0 Å². The molecule has 0 fully saturated rings. The number of aliphatic hydroxyl groups excluding tert-OH is 1. The van der Waals surface area contributed by atoms with Crippen molar-refractivity contribution in [3.63, 3.8) is 0 Å². The van der Waals surface area contributed by atoms with Crippen LogP contribution in [0.2, 0.25) is 0 Å². The van der Waals surface area contributed by atoms with Gasteiger partial charge in [-0.05, 0) is 18.6 Å². The second kappa shape index (κ2) is 6.30. The Kier molecular flexibility index (Phi) is 5.03. The molecule has 18 heavy (non-hydrogen) atoms. The predicted molar refractivity (Wildman–Crippen MR) is 64.1 cm³/mol.